The van der Waals surface area contributed by atoms with Crippen molar-refractivity contribution in [1.29, 1.82) is 5.41 Å². The van der Waals surface area contributed by atoms with Crippen LogP contribution in [0.5, 0.6) is 0 Å². The topological polar surface area (TPSA) is 39.1 Å². The van der Waals surface area contributed by atoms with Gasteiger partial charge < -0.3 is 5.32 Å². The number of likely N-dealkylation sites (tertiary alicyclic amines) is 1. The van der Waals surface area contributed by atoms with Crippen molar-refractivity contribution in [1.82, 2.24) is 10.2 Å². The van der Waals surface area contributed by atoms with Crippen molar-refractivity contribution >= 4 is 5.84 Å². The Balaban J connectivity index is 1.73. The van der Waals surface area contributed by atoms with E-state index in [0.29, 0.717) is 11.4 Å². The quantitative estimate of drug-likeness (QED) is 0.508. The fourth-order valence-corrected chi connectivity index (χ4v) is 4.16. The molecule has 2 N–H and O–H groups in total. The number of nitrogens with zero attached hydrogens (tertiary/aromatic N) is 1. The SMILES string of the molecule is CCN1CC2CC3(NC(C)=N)CC1[C@@H]23. The fourth-order valence-electron chi connectivity index (χ4n) is 4.16. The van der Waals surface area contributed by atoms with E-state index in [9.17, 15) is 0 Å². The highest BCUT2D eigenvalue weighted by molar-refractivity contribution is 5.77. The van der Waals surface area contributed by atoms with Crippen molar-refractivity contribution in [2.45, 2.75) is 38.3 Å². The summed E-state index contributed by atoms with van der Waals surface area (Å²) in [6, 6.07) is 0.839. The van der Waals surface area contributed by atoms with Crippen molar-refractivity contribution in [3.63, 3.8) is 0 Å². The molecular formula is C11H19N3. The summed E-state index contributed by atoms with van der Waals surface area (Å²) in [5.74, 6) is 2.44. The highest BCUT2D eigenvalue weighted by Crippen LogP contribution is 2.63. The minimum atomic E-state index is 0.352. The van der Waals surface area contributed by atoms with Crippen molar-refractivity contribution in [3.05, 3.63) is 0 Å². The summed E-state index contributed by atoms with van der Waals surface area (Å²) < 4.78 is 0. The van der Waals surface area contributed by atoms with Crippen LogP contribution in [0.4, 0.5) is 0 Å². The van der Waals surface area contributed by atoms with Crippen molar-refractivity contribution in [2.24, 2.45) is 11.8 Å². The van der Waals surface area contributed by atoms with Gasteiger partial charge in [0.1, 0.15) is 0 Å². The van der Waals surface area contributed by atoms with E-state index in [-0.39, 0.29) is 0 Å². The zero-order chi connectivity index (χ0) is 9.92. The maximum Gasteiger partial charge on any atom is 0.0904 e. The van der Waals surface area contributed by atoms with E-state index in [1.165, 1.54) is 25.9 Å². The van der Waals surface area contributed by atoms with Crippen LogP contribution in [0, 0.1) is 17.2 Å². The number of hydrogen-bond donors (Lipinski definition) is 2. The van der Waals surface area contributed by atoms with Gasteiger partial charge in [-0.1, -0.05) is 6.92 Å². The molecule has 1 saturated heterocycles. The van der Waals surface area contributed by atoms with Crippen molar-refractivity contribution in [2.75, 3.05) is 13.1 Å². The summed E-state index contributed by atoms with van der Waals surface area (Å²) in [6.07, 6.45) is 2.58. The lowest BCUT2D eigenvalue weighted by molar-refractivity contribution is -0.0680. The van der Waals surface area contributed by atoms with Gasteiger partial charge in [0, 0.05) is 24.0 Å². The largest absolute Gasteiger partial charge is 0.368 e. The van der Waals surface area contributed by atoms with Gasteiger partial charge in [-0.3, -0.25) is 10.3 Å². The highest BCUT2D eigenvalue weighted by Gasteiger charge is 2.70. The molecule has 3 aliphatic rings. The Kier molecular flexibility index (Phi) is 1.56. The predicted molar refractivity (Wildman–Crippen MR) is 56.5 cm³/mol. The zero-order valence-corrected chi connectivity index (χ0v) is 9.01. The summed E-state index contributed by atoms with van der Waals surface area (Å²) in [6.45, 7) is 6.64. The second kappa shape index (κ2) is 2.51. The van der Waals surface area contributed by atoms with Gasteiger partial charge in [0.15, 0.2) is 0 Å². The van der Waals surface area contributed by atoms with E-state index in [1.807, 2.05) is 6.92 Å². The molecule has 3 rings (SSSR count). The normalized spacial score (nSPS) is 49.1. The van der Waals surface area contributed by atoms with E-state index >= 15 is 0 Å². The Morgan fingerprint density at radius 2 is 2.36 bits per heavy atom. The smallest absolute Gasteiger partial charge is 0.0904 e. The Morgan fingerprint density at radius 3 is 3.00 bits per heavy atom. The number of amidine groups is 1. The lowest BCUT2D eigenvalue weighted by atomic mass is 9.47. The first-order valence-corrected chi connectivity index (χ1v) is 5.73. The van der Waals surface area contributed by atoms with Crippen LogP contribution in [0.1, 0.15) is 26.7 Å². The molecule has 3 unspecified atom stereocenters. The molecule has 3 nitrogen and oxygen atoms in total. The minimum Gasteiger partial charge on any atom is -0.368 e. The summed E-state index contributed by atoms with van der Waals surface area (Å²) in [5.41, 5.74) is 0.352. The van der Waals surface area contributed by atoms with Gasteiger partial charge in [-0.2, -0.15) is 0 Å². The molecule has 3 fully saturated rings. The van der Waals surface area contributed by atoms with E-state index in [2.05, 4.69) is 17.1 Å². The minimum absolute atomic E-state index is 0.352. The second-order valence-electron chi connectivity index (χ2n) is 5.26. The Hall–Kier alpha value is -0.570. The molecule has 0 aromatic heterocycles. The highest BCUT2D eigenvalue weighted by atomic mass is 15.3. The van der Waals surface area contributed by atoms with Gasteiger partial charge in [-0.05, 0) is 32.2 Å². The number of hydrogen-bond acceptors (Lipinski definition) is 2. The maximum absolute atomic E-state index is 7.53. The third kappa shape index (κ3) is 0.842. The van der Waals surface area contributed by atoms with Crippen LogP contribution < -0.4 is 5.32 Å². The van der Waals surface area contributed by atoms with Crippen LogP contribution in [0.3, 0.4) is 0 Å². The first-order chi connectivity index (χ1) is 6.66. The molecule has 2 aliphatic carbocycles. The number of nitrogens with one attached hydrogen (secondary N) is 2. The molecule has 1 aliphatic heterocycles. The van der Waals surface area contributed by atoms with Gasteiger partial charge in [0.25, 0.3) is 0 Å². The molecule has 0 radical (unpaired) electrons. The Bertz CT molecular complexity index is 288. The van der Waals surface area contributed by atoms with Gasteiger partial charge >= 0.3 is 0 Å². The predicted octanol–water partition coefficient (Wildman–Crippen LogP) is 1.06. The van der Waals surface area contributed by atoms with E-state index in [1.54, 1.807) is 0 Å². The summed E-state index contributed by atoms with van der Waals surface area (Å²) >= 11 is 0. The fraction of sp³-hybridized carbons (Fsp3) is 0.909. The molecule has 14 heavy (non-hydrogen) atoms. The van der Waals surface area contributed by atoms with Crippen LogP contribution in [-0.4, -0.2) is 35.4 Å². The molecule has 0 bridgehead atoms. The molecule has 0 spiro atoms. The average molecular weight is 193 g/mol. The molecule has 0 amide bonds. The van der Waals surface area contributed by atoms with Gasteiger partial charge in [-0.25, -0.2) is 0 Å². The monoisotopic (exact) mass is 193 g/mol. The molecule has 2 saturated carbocycles. The second-order valence-corrected chi connectivity index (χ2v) is 5.26. The van der Waals surface area contributed by atoms with Crippen LogP contribution in [-0.2, 0) is 0 Å². The van der Waals surface area contributed by atoms with Crippen LogP contribution >= 0.6 is 0 Å². The van der Waals surface area contributed by atoms with Gasteiger partial charge in [0.2, 0.25) is 0 Å². The first kappa shape index (κ1) is 8.72. The van der Waals surface area contributed by atoms with Crippen LogP contribution in [0.15, 0.2) is 0 Å². The molecule has 0 aromatic rings. The zero-order valence-electron chi connectivity index (χ0n) is 9.01. The van der Waals surface area contributed by atoms with Gasteiger partial charge in [-0.15, -0.1) is 0 Å². The summed E-state index contributed by atoms with van der Waals surface area (Å²) in [7, 11) is 0. The molecular weight excluding hydrogens is 174 g/mol. The molecule has 0 aromatic carbocycles. The standard InChI is InChI=1S/C11H19N3/c1-3-14-6-8-4-11(13-7(2)12)5-9(14)10(8)11/h8-10H,3-6H2,1-2H3,(H2,12,13)/t8?,9?,10-,11?/m1/s1. The third-order valence-corrected chi connectivity index (χ3v) is 4.54. The van der Waals surface area contributed by atoms with Crippen LogP contribution in [0.25, 0.3) is 0 Å². The summed E-state index contributed by atoms with van der Waals surface area (Å²) in [4.78, 5) is 2.63. The lowest BCUT2D eigenvalue weighted by Gasteiger charge is -2.64. The van der Waals surface area contributed by atoms with Crippen molar-refractivity contribution < 1.29 is 0 Å². The lowest BCUT2D eigenvalue weighted by Crippen LogP contribution is -2.74. The molecule has 1 heterocycles. The maximum atomic E-state index is 7.53. The average Bonchev–Trinajstić information content (AvgIpc) is 2.22. The van der Waals surface area contributed by atoms with E-state index in [4.69, 9.17) is 5.41 Å². The summed E-state index contributed by atoms with van der Waals surface area (Å²) in [5, 5.41) is 10.9. The first-order valence-electron chi connectivity index (χ1n) is 5.73. The van der Waals surface area contributed by atoms with E-state index < -0.39 is 0 Å². The molecule has 78 valence electrons. The van der Waals surface area contributed by atoms with E-state index in [0.717, 1.165) is 17.9 Å². The van der Waals surface area contributed by atoms with Gasteiger partial charge in [0.05, 0.1) is 5.84 Å². The Morgan fingerprint density at radius 1 is 1.57 bits per heavy atom. The number of rotatable bonds is 2. The molecule has 3 heteroatoms. The molecule has 4 atom stereocenters. The third-order valence-electron chi connectivity index (χ3n) is 4.54. The van der Waals surface area contributed by atoms with Crippen molar-refractivity contribution in [3.8, 4) is 0 Å². The Labute approximate surface area is 85.4 Å². The van der Waals surface area contributed by atoms with Crippen LogP contribution in [0.2, 0.25) is 0 Å².